The lowest BCUT2D eigenvalue weighted by Crippen LogP contribution is -2.34. The number of guanidine groups is 1. The van der Waals surface area contributed by atoms with Crippen molar-refractivity contribution in [2.24, 2.45) is 16.6 Å². The van der Waals surface area contributed by atoms with Crippen LogP contribution in [0.15, 0.2) is 4.99 Å². The van der Waals surface area contributed by atoms with Gasteiger partial charge in [0, 0.05) is 19.6 Å². The minimum absolute atomic E-state index is 0.399. The van der Waals surface area contributed by atoms with E-state index in [0.29, 0.717) is 25.0 Å². The Kier molecular flexibility index (Phi) is 8.76. The first-order valence-electron chi connectivity index (χ1n) is 7.21. The first-order valence-corrected chi connectivity index (χ1v) is 7.21. The molecule has 20 heavy (non-hydrogen) atoms. The number of hydrogen-bond acceptors (Lipinski definition) is 3. The molecule has 0 aliphatic heterocycles. The molecule has 0 rings (SSSR count). The number of nitrogens with one attached hydrogen (secondary N) is 2. The Labute approximate surface area is 122 Å². The van der Waals surface area contributed by atoms with Crippen molar-refractivity contribution in [1.82, 2.24) is 10.6 Å². The minimum Gasteiger partial charge on any atom is -0.444 e. The number of nitrogens with zero attached hydrogens (tertiary/aromatic N) is 1. The SMILES string of the molecule is CC(C)CCNC(N)=NCCCNC(=O)OC(C)(C)C. The van der Waals surface area contributed by atoms with Gasteiger partial charge in [0.15, 0.2) is 5.96 Å². The van der Waals surface area contributed by atoms with Crippen LogP contribution in [-0.2, 0) is 4.74 Å². The average molecular weight is 286 g/mol. The van der Waals surface area contributed by atoms with Gasteiger partial charge in [0.2, 0.25) is 0 Å². The van der Waals surface area contributed by atoms with Gasteiger partial charge in [-0.05, 0) is 39.5 Å². The number of aliphatic imine (C=N–C) groups is 1. The van der Waals surface area contributed by atoms with Crippen LogP contribution in [0.3, 0.4) is 0 Å². The Morgan fingerprint density at radius 3 is 2.45 bits per heavy atom. The molecule has 0 aliphatic carbocycles. The molecule has 0 heterocycles. The molecule has 1 amide bonds. The minimum atomic E-state index is -0.465. The summed E-state index contributed by atoms with van der Waals surface area (Å²) in [5.74, 6) is 1.11. The molecule has 0 radical (unpaired) electrons. The number of carbonyl (C=O) groups is 1. The molecular weight excluding hydrogens is 256 g/mol. The third kappa shape index (κ3) is 13.0. The molecule has 0 bridgehead atoms. The summed E-state index contributed by atoms with van der Waals surface area (Å²) in [6.07, 6.45) is 1.40. The van der Waals surface area contributed by atoms with Crippen molar-refractivity contribution < 1.29 is 9.53 Å². The lowest BCUT2D eigenvalue weighted by molar-refractivity contribution is 0.0527. The molecule has 0 saturated carbocycles. The normalized spacial score (nSPS) is 12.4. The zero-order chi connectivity index (χ0) is 15.6. The van der Waals surface area contributed by atoms with Gasteiger partial charge in [-0.15, -0.1) is 0 Å². The Bertz CT molecular complexity index is 309. The number of hydrogen-bond donors (Lipinski definition) is 3. The van der Waals surface area contributed by atoms with E-state index in [9.17, 15) is 4.79 Å². The molecule has 0 aromatic rings. The van der Waals surface area contributed by atoms with Crippen LogP contribution in [0.25, 0.3) is 0 Å². The fraction of sp³-hybridized carbons (Fsp3) is 0.857. The Hall–Kier alpha value is -1.46. The van der Waals surface area contributed by atoms with Crippen LogP contribution < -0.4 is 16.4 Å². The molecule has 0 unspecified atom stereocenters. The van der Waals surface area contributed by atoms with Gasteiger partial charge < -0.3 is 21.1 Å². The van der Waals surface area contributed by atoms with E-state index in [1.807, 2.05) is 20.8 Å². The van der Waals surface area contributed by atoms with Crippen molar-refractivity contribution in [2.75, 3.05) is 19.6 Å². The second kappa shape index (κ2) is 9.44. The van der Waals surface area contributed by atoms with Gasteiger partial charge in [0.25, 0.3) is 0 Å². The smallest absolute Gasteiger partial charge is 0.407 e. The van der Waals surface area contributed by atoms with Crippen molar-refractivity contribution in [3.8, 4) is 0 Å². The second-order valence-corrected chi connectivity index (χ2v) is 6.16. The maximum absolute atomic E-state index is 11.4. The van der Waals surface area contributed by atoms with Crippen LogP contribution >= 0.6 is 0 Å². The summed E-state index contributed by atoms with van der Waals surface area (Å²) >= 11 is 0. The van der Waals surface area contributed by atoms with Crippen molar-refractivity contribution in [3.63, 3.8) is 0 Å². The molecule has 4 N–H and O–H groups in total. The van der Waals surface area contributed by atoms with E-state index >= 15 is 0 Å². The van der Waals surface area contributed by atoms with Crippen molar-refractivity contribution in [3.05, 3.63) is 0 Å². The van der Waals surface area contributed by atoms with Crippen LogP contribution in [0, 0.1) is 5.92 Å². The predicted octanol–water partition coefficient (Wildman–Crippen LogP) is 1.85. The fourth-order valence-corrected chi connectivity index (χ4v) is 1.33. The number of nitrogens with two attached hydrogens (primary N) is 1. The lowest BCUT2D eigenvalue weighted by Gasteiger charge is -2.19. The topological polar surface area (TPSA) is 88.7 Å². The number of carbonyl (C=O) groups excluding carboxylic acids is 1. The predicted molar refractivity (Wildman–Crippen MR) is 82.8 cm³/mol. The first kappa shape index (κ1) is 18.5. The number of amides is 1. The summed E-state index contributed by atoms with van der Waals surface area (Å²) in [6, 6.07) is 0. The summed E-state index contributed by atoms with van der Waals surface area (Å²) in [5, 5.41) is 5.74. The molecular formula is C14H30N4O2. The van der Waals surface area contributed by atoms with Gasteiger partial charge in [0.1, 0.15) is 5.60 Å². The molecule has 0 saturated heterocycles. The standard InChI is InChI=1S/C14H30N4O2/c1-11(2)7-10-17-12(15)16-8-6-9-18-13(19)20-14(3,4)5/h11H,6-10H2,1-5H3,(H,18,19)(H3,15,16,17). The summed E-state index contributed by atoms with van der Waals surface area (Å²) < 4.78 is 5.12. The van der Waals surface area contributed by atoms with E-state index in [1.54, 1.807) is 0 Å². The van der Waals surface area contributed by atoms with E-state index in [0.717, 1.165) is 19.4 Å². The van der Waals surface area contributed by atoms with Gasteiger partial charge in [-0.3, -0.25) is 4.99 Å². The van der Waals surface area contributed by atoms with Crippen LogP contribution in [0.2, 0.25) is 0 Å². The molecule has 0 aromatic heterocycles. The van der Waals surface area contributed by atoms with Crippen molar-refractivity contribution in [2.45, 2.75) is 53.1 Å². The molecule has 0 aromatic carbocycles. The zero-order valence-electron chi connectivity index (χ0n) is 13.5. The average Bonchev–Trinajstić information content (AvgIpc) is 2.25. The van der Waals surface area contributed by atoms with E-state index in [2.05, 4.69) is 29.5 Å². The summed E-state index contributed by atoms with van der Waals surface area (Å²) in [7, 11) is 0. The third-order valence-electron chi connectivity index (χ3n) is 2.31. The van der Waals surface area contributed by atoms with E-state index in [-0.39, 0.29) is 0 Å². The summed E-state index contributed by atoms with van der Waals surface area (Å²) in [4.78, 5) is 15.5. The van der Waals surface area contributed by atoms with E-state index in [1.165, 1.54) is 0 Å². The quantitative estimate of drug-likeness (QED) is 0.378. The van der Waals surface area contributed by atoms with Gasteiger partial charge in [-0.1, -0.05) is 13.8 Å². The number of ether oxygens (including phenoxy) is 1. The van der Waals surface area contributed by atoms with Crippen molar-refractivity contribution in [1.29, 1.82) is 0 Å². The Morgan fingerprint density at radius 1 is 1.25 bits per heavy atom. The molecule has 0 aliphatic rings. The molecule has 0 spiro atoms. The molecule has 6 nitrogen and oxygen atoms in total. The molecule has 0 atom stereocenters. The summed E-state index contributed by atoms with van der Waals surface area (Å²) in [6.45, 7) is 11.8. The third-order valence-corrected chi connectivity index (χ3v) is 2.31. The van der Waals surface area contributed by atoms with E-state index < -0.39 is 11.7 Å². The maximum atomic E-state index is 11.4. The molecule has 0 fully saturated rings. The number of rotatable bonds is 7. The Balaban J connectivity index is 3.62. The zero-order valence-corrected chi connectivity index (χ0v) is 13.5. The first-order chi connectivity index (χ1) is 9.20. The van der Waals surface area contributed by atoms with Crippen LogP contribution in [0.5, 0.6) is 0 Å². The van der Waals surface area contributed by atoms with Gasteiger partial charge in [-0.25, -0.2) is 4.79 Å². The lowest BCUT2D eigenvalue weighted by atomic mass is 10.1. The van der Waals surface area contributed by atoms with E-state index in [4.69, 9.17) is 10.5 Å². The maximum Gasteiger partial charge on any atom is 0.407 e. The van der Waals surface area contributed by atoms with Gasteiger partial charge in [-0.2, -0.15) is 0 Å². The highest BCUT2D eigenvalue weighted by Gasteiger charge is 2.15. The largest absolute Gasteiger partial charge is 0.444 e. The highest BCUT2D eigenvalue weighted by molar-refractivity contribution is 5.77. The van der Waals surface area contributed by atoms with Gasteiger partial charge >= 0.3 is 6.09 Å². The van der Waals surface area contributed by atoms with Crippen LogP contribution in [0.4, 0.5) is 4.79 Å². The molecule has 6 heteroatoms. The van der Waals surface area contributed by atoms with Crippen LogP contribution in [0.1, 0.15) is 47.5 Å². The molecule has 118 valence electrons. The number of alkyl carbamates (subject to hydrolysis) is 1. The monoisotopic (exact) mass is 286 g/mol. The highest BCUT2D eigenvalue weighted by atomic mass is 16.6. The van der Waals surface area contributed by atoms with Crippen molar-refractivity contribution >= 4 is 12.1 Å². The fourth-order valence-electron chi connectivity index (χ4n) is 1.33. The van der Waals surface area contributed by atoms with Crippen LogP contribution in [-0.4, -0.2) is 37.3 Å². The summed E-state index contributed by atoms with van der Waals surface area (Å²) in [5.41, 5.74) is 5.25. The Morgan fingerprint density at radius 2 is 1.90 bits per heavy atom. The van der Waals surface area contributed by atoms with Gasteiger partial charge in [0.05, 0.1) is 0 Å². The highest BCUT2D eigenvalue weighted by Crippen LogP contribution is 2.06. The second-order valence-electron chi connectivity index (χ2n) is 6.16.